The number of rotatable bonds is 4. The quantitative estimate of drug-likeness (QED) is 0.793. The first-order valence-corrected chi connectivity index (χ1v) is 9.65. The Bertz CT molecular complexity index is 880. The van der Waals surface area contributed by atoms with Gasteiger partial charge in [-0.2, -0.15) is 5.10 Å². The number of aromatic nitrogens is 3. The Hall–Kier alpha value is -2.48. The molecule has 0 N–H and O–H groups in total. The lowest BCUT2D eigenvalue weighted by molar-refractivity contribution is 0.0590. The van der Waals surface area contributed by atoms with Crippen molar-refractivity contribution in [3.8, 4) is 0 Å². The fourth-order valence-electron chi connectivity index (χ4n) is 3.82. The highest BCUT2D eigenvalue weighted by atomic mass is 16.5. The van der Waals surface area contributed by atoms with E-state index in [2.05, 4.69) is 15.2 Å². The predicted molar refractivity (Wildman–Crippen MR) is 98.7 cm³/mol. The van der Waals surface area contributed by atoms with Crippen LogP contribution in [0.3, 0.4) is 0 Å². The maximum Gasteiger partial charge on any atom is 0.292 e. The van der Waals surface area contributed by atoms with Crippen molar-refractivity contribution in [1.82, 2.24) is 24.7 Å². The summed E-state index contributed by atoms with van der Waals surface area (Å²) in [6.45, 7) is 6.06. The minimum absolute atomic E-state index is 0.0399. The lowest BCUT2D eigenvalue weighted by Crippen LogP contribution is -2.49. The van der Waals surface area contributed by atoms with Crippen LogP contribution in [0, 0.1) is 6.92 Å². The van der Waals surface area contributed by atoms with Crippen molar-refractivity contribution >= 4 is 5.91 Å². The second-order valence-corrected chi connectivity index (χ2v) is 7.31. The molecular weight excluding hydrogens is 346 g/mol. The van der Waals surface area contributed by atoms with E-state index in [0.29, 0.717) is 25.4 Å². The van der Waals surface area contributed by atoms with E-state index in [1.54, 1.807) is 12.1 Å². The summed E-state index contributed by atoms with van der Waals surface area (Å²) in [4.78, 5) is 28.8. The third-order valence-electron chi connectivity index (χ3n) is 5.44. The fraction of sp³-hybridized carbons (Fsp3) is 0.579. The predicted octanol–water partition coefficient (Wildman–Crippen LogP) is 0.877. The average Bonchev–Trinajstić information content (AvgIpc) is 3.13. The number of hydrogen-bond donors (Lipinski definition) is 0. The Morgan fingerprint density at radius 3 is 2.70 bits per heavy atom. The van der Waals surface area contributed by atoms with E-state index in [-0.39, 0.29) is 11.5 Å². The summed E-state index contributed by atoms with van der Waals surface area (Å²) < 4.78 is 6.90. The highest BCUT2D eigenvalue weighted by molar-refractivity contribution is 5.93. The first-order valence-electron chi connectivity index (χ1n) is 9.65. The Morgan fingerprint density at radius 1 is 1.11 bits per heavy atom. The van der Waals surface area contributed by atoms with E-state index >= 15 is 0 Å². The molecule has 2 aromatic heterocycles. The van der Waals surface area contributed by atoms with E-state index in [1.165, 1.54) is 4.68 Å². The largest absolute Gasteiger partial charge is 0.350 e. The van der Waals surface area contributed by atoms with Gasteiger partial charge in [0.1, 0.15) is 0 Å². The number of amides is 1. The van der Waals surface area contributed by atoms with Gasteiger partial charge in [-0.15, -0.1) is 0 Å². The molecule has 1 aliphatic heterocycles. The van der Waals surface area contributed by atoms with Crippen LogP contribution in [0.25, 0.3) is 0 Å². The zero-order valence-electron chi connectivity index (χ0n) is 15.7. The Balaban J connectivity index is 1.32. The molecule has 0 spiro atoms. The molecule has 3 heterocycles. The molecule has 8 heteroatoms. The molecule has 27 heavy (non-hydrogen) atoms. The zero-order valence-corrected chi connectivity index (χ0v) is 15.7. The summed E-state index contributed by atoms with van der Waals surface area (Å²) in [5.74, 6) is 0.399. The molecule has 2 aromatic rings. The second-order valence-electron chi connectivity index (χ2n) is 7.31. The van der Waals surface area contributed by atoms with Crippen LogP contribution >= 0.6 is 0 Å². The summed E-state index contributed by atoms with van der Waals surface area (Å²) in [7, 11) is 0. The molecule has 1 aliphatic carbocycles. The Kier molecular flexibility index (Phi) is 5.07. The third-order valence-corrected chi connectivity index (χ3v) is 5.44. The normalized spacial score (nSPS) is 17.7. The van der Waals surface area contributed by atoms with E-state index in [4.69, 9.17) is 4.52 Å². The first kappa shape index (κ1) is 17.9. The van der Waals surface area contributed by atoms with E-state index in [1.807, 2.05) is 11.8 Å². The molecule has 1 fully saturated rings. The fourth-order valence-corrected chi connectivity index (χ4v) is 3.82. The van der Waals surface area contributed by atoms with Crippen LogP contribution < -0.4 is 5.56 Å². The monoisotopic (exact) mass is 371 g/mol. The number of nitrogens with zero attached hydrogens (tertiary/aromatic N) is 5. The van der Waals surface area contributed by atoms with Crippen LogP contribution in [0.1, 0.15) is 40.3 Å². The summed E-state index contributed by atoms with van der Waals surface area (Å²) in [6.07, 6.45) is 4.00. The Morgan fingerprint density at radius 2 is 1.89 bits per heavy atom. The number of hydrogen-bond acceptors (Lipinski definition) is 6. The summed E-state index contributed by atoms with van der Waals surface area (Å²) in [6, 6.07) is 3.28. The molecule has 4 rings (SSSR count). The molecule has 0 radical (unpaired) electrons. The van der Waals surface area contributed by atoms with Crippen molar-refractivity contribution in [3.05, 3.63) is 45.2 Å². The molecule has 0 unspecified atom stereocenters. The molecule has 0 aromatic carbocycles. The van der Waals surface area contributed by atoms with Crippen molar-refractivity contribution in [3.63, 3.8) is 0 Å². The van der Waals surface area contributed by atoms with Gasteiger partial charge in [-0.05, 0) is 38.7 Å². The van der Waals surface area contributed by atoms with Gasteiger partial charge in [-0.3, -0.25) is 14.5 Å². The third kappa shape index (κ3) is 3.80. The van der Waals surface area contributed by atoms with Crippen molar-refractivity contribution in [2.75, 3.05) is 32.7 Å². The van der Waals surface area contributed by atoms with Crippen molar-refractivity contribution in [2.45, 2.75) is 39.2 Å². The van der Waals surface area contributed by atoms with Gasteiger partial charge < -0.3 is 9.42 Å². The van der Waals surface area contributed by atoms with E-state index in [9.17, 15) is 9.59 Å². The molecular formula is C19H25N5O3. The number of aryl methyl sites for hydroxylation is 2. The maximum absolute atomic E-state index is 12.8. The van der Waals surface area contributed by atoms with E-state index in [0.717, 1.165) is 62.3 Å². The standard InChI is InChI=1S/C19H25N5O3/c1-14-6-7-17(25)24(20-14)13-10-22-8-11-23(12-9-22)19(26)18-15-4-2-3-5-16(15)21-27-18/h6-7H,2-5,8-13H2,1H3. The SMILES string of the molecule is Cc1ccc(=O)n(CCN2CCN(C(=O)c3onc4c3CCCC4)CC2)n1. The summed E-state index contributed by atoms with van der Waals surface area (Å²) >= 11 is 0. The smallest absolute Gasteiger partial charge is 0.292 e. The van der Waals surface area contributed by atoms with Crippen LogP contribution in [-0.4, -0.2) is 63.4 Å². The number of carbonyl (C=O) groups is 1. The van der Waals surface area contributed by atoms with Gasteiger partial charge in [-0.1, -0.05) is 5.16 Å². The van der Waals surface area contributed by atoms with E-state index < -0.39 is 0 Å². The van der Waals surface area contributed by atoms with Gasteiger partial charge in [-0.25, -0.2) is 4.68 Å². The van der Waals surface area contributed by atoms with Crippen LogP contribution in [0.2, 0.25) is 0 Å². The van der Waals surface area contributed by atoms with Crippen LogP contribution in [0.4, 0.5) is 0 Å². The molecule has 0 saturated carbocycles. The molecule has 1 saturated heterocycles. The van der Waals surface area contributed by atoms with Gasteiger partial charge >= 0.3 is 0 Å². The number of fused-ring (bicyclic) bond motifs is 1. The molecule has 0 bridgehead atoms. The average molecular weight is 371 g/mol. The van der Waals surface area contributed by atoms with Crippen molar-refractivity contribution < 1.29 is 9.32 Å². The van der Waals surface area contributed by atoms with Crippen molar-refractivity contribution in [1.29, 1.82) is 0 Å². The Labute approximate surface area is 157 Å². The molecule has 2 aliphatic rings. The highest BCUT2D eigenvalue weighted by Crippen LogP contribution is 2.25. The van der Waals surface area contributed by atoms with Gasteiger partial charge in [0.2, 0.25) is 5.76 Å². The number of piperazine rings is 1. The number of carbonyl (C=O) groups excluding carboxylic acids is 1. The second kappa shape index (κ2) is 7.64. The van der Waals surface area contributed by atoms with Gasteiger partial charge in [0, 0.05) is 44.4 Å². The molecule has 8 nitrogen and oxygen atoms in total. The molecule has 0 atom stereocenters. The molecule has 144 valence electrons. The summed E-state index contributed by atoms with van der Waals surface area (Å²) in [5, 5.41) is 8.36. The lowest BCUT2D eigenvalue weighted by Gasteiger charge is -2.34. The minimum atomic E-state index is -0.0792. The summed E-state index contributed by atoms with van der Waals surface area (Å²) in [5.41, 5.74) is 2.72. The maximum atomic E-state index is 12.8. The highest BCUT2D eigenvalue weighted by Gasteiger charge is 2.29. The lowest BCUT2D eigenvalue weighted by atomic mass is 9.96. The van der Waals surface area contributed by atoms with Crippen LogP contribution in [0.15, 0.2) is 21.5 Å². The van der Waals surface area contributed by atoms with Crippen LogP contribution in [-0.2, 0) is 19.4 Å². The van der Waals surface area contributed by atoms with Crippen molar-refractivity contribution in [2.24, 2.45) is 0 Å². The van der Waals surface area contributed by atoms with Gasteiger partial charge in [0.05, 0.1) is 17.9 Å². The molecule has 1 amide bonds. The van der Waals surface area contributed by atoms with Gasteiger partial charge in [0.25, 0.3) is 11.5 Å². The topological polar surface area (TPSA) is 84.5 Å². The minimum Gasteiger partial charge on any atom is -0.350 e. The zero-order chi connectivity index (χ0) is 18.8. The van der Waals surface area contributed by atoms with Crippen LogP contribution in [0.5, 0.6) is 0 Å². The first-order chi connectivity index (χ1) is 13.1. The van der Waals surface area contributed by atoms with Gasteiger partial charge in [0.15, 0.2) is 0 Å².